The van der Waals surface area contributed by atoms with Crippen LogP contribution in [0.25, 0.3) is 0 Å². The van der Waals surface area contributed by atoms with Crippen LogP contribution in [-0.4, -0.2) is 24.1 Å². The molecule has 1 aliphatic carbocycles. The second-order valence-corrected chi connectivity index (χ2v) is 8.02. The van der Waals surface area contributed by atoms with Crippen LogP contribution in [0.4, 0.5) is 0 Å². The number of ketones is 1. The van der Waals surface area contributed by atoms with Crippen molar-refractivity contribution >= 4 is 5.78 Å². The van der Waals surface area contributed by atoms with Crippen LogP contribution in [0.5, 0.6) is 0 Å². The third-order valence-corrected chi connectivity index (χ3v) is 5.79. The van der Waals surface area contributed by atoms with E-state index in [1.165, 1.54) is 23.8 Å². The number of aliphatic hydroxyl groups excluding tert-OH is 1. The molecular formula is C25H34O3. The summed E-state index contributed by atoms with van der Waals surface area (Å²) in [6.07, 6.45) is 7.57. The normalized spacial score (nSPS) is 23.9. The molecule has 0 saturated heterocycles. The number of carbonyl (C=O) groups excluding carboxylic acids is 1. The van der Waals surface area contributed by atoms with Crippen molar-refractivity contribution in [3.05, 3.63) is 70.5 Å². The molecule has 0 aliphatic heterocycles. The standard InChI is InChI=1S/C25H34O3/c1-17(10-9-11-18(2)16-21-12-7-6-8-13-21)14-15-22-19(3)24(27)25(28-5)20(4)23(22)26/h6-8,11-14,19,22-23,26H,9-10,15-16H2,1-5H3/b17-14+,18-11+. The molecule has 3 nitrogen and oxygen atoms in total. The monoisotopic (exact) mass is 382 g/mol. The molecule has 0 fully saturated rings. The first kappa shape index (κ1) is 22.2. The second kappa shape index (κ2) is 10.4. The summed E-state index contributed by atoms with van der Waals surface area (Å²) in [5, 5.41) is 10.6. The number of benzene rings is 1. The van der Waals surface area contributed by atoms with Gasteiger partial charge in [-0.15, -0.1) is 0 Å². The Morgan fingerprint density at radius 2 is 1.82 bits per heavy atom. The topological polar surface area (TPSA) is 46.5 Å². The van der Waals surface area contributed by atoms with Crippen molar-refractivity contribution in [3.63, 3.8) is 0 Å². The molecule has 3 atom stereocenters. The molecule has 3 heteroatoms. The summed E-state index contributed by atoms with van der Waals surface area (Å²) in [7, 11) is 1.49. The number of ether oxygens (including phenoxy) is 1. The number of hydrogen-bond acceptors (Lipinski definition) is 3. The molecule has 2 rings (SSSR count). The van der Waals surface area contributed by atoms with Crippen molar-refractivity contribution < 1.29 is 14.6 Å². The van der Waals surface area contributed by atoms with E-state index in [1.807, 2.05) is 13.0 Å². The second-order valence-electron chi connectivity index (χ2n) is 8.02. The van der Waals surface area contributed by atoms with Crippen LogP contribution in [0.2, 0.25) is 0 Å². The first-order valence-electron chi connectivity index (χ1n) is 10.2. The largest absolute Gasteiger partial charge is 0.493 e. The van der Waals surface area contributed by atoms with Gasteiger partial charge in [-0.05, 0) is 52.0 Å². The summed E-state index contributed by atoms with van der Waals surface area (Å²) in [5.41, 5.74) is 4.68. The van der Waals surface area contributed by atoms with Gasteiger partial charge in [-0.2, -0.15) is 0 Å². The van der Waals surface area contributed by atoms with Gasteiger partial charge in [0.15, 0.2) is 5.76 Å². The molecule has 1 aromatic carbocycles. The molecule has 1 aromatic rings. The smallest absolute Gasteiger partial charge is 0.200 e. The average molecular weight is 383 g/mol. The van der Waals surface area contributed by atoms with Crippen molar-refractivity contribution in [1.82, 2.24) is 0 Å². The van der Waals surface area contributed by atoms with Gasteiger partial charge in [-0.1, -0.05) is 60.6 Å². The molecule has 0 amide bonds. The van der Waals surface area contributed by atoms with Crippen molar-refractivity contribution in [2.75, 3.05) is 7.11 Å². The van der Waals surface area contributed by atoms with Crippen LogP contribution >= 0.6 is 0 Å². The zero-order valence-corrected chi connectivity index (χ0v) is 17.9. The van der Waals surface area contributed by atoms with Crippen LogP contribution in [0.3, 0.4) is 0 Å². The van der Waals surface area contributed by atoms with Crippen molar-refractivity contribution in [3.8, 4) is 0 Å². The minimum atomic E-state index is -0.625. The molecule has 0 spiro atoms. The Kier molecular flexibility index (Phi) is 8.25. The molecule has 28 heavy (non-hydrogen) atoms. The minimum Gasteiger partial charge on any atom is -0.493 e. The first-order chi connectivity index (χ1) is 13.3. The number of rotatable bonds is 8. The number of Topliss-reactive ketones (excluding diaryl/α,β-unsaturated/α-hetero) is 1. The predicted molar refractivity (Wildman–Crippen MR) is 115 cm³/mol. The summed E-state index contributed by atoms with van der Waals surface area (Å²) >= 11 is 0. The zero-order chi connectivity index (χ0) is 20.7. The van der Waals surface area contributed by atoms with Crippen molar-refractivity contribution in [2.45, 2.75) is 59.5 Å². The van der Waals surface area contributed by atoms with Gasteiger partial charge >= 0.3 is 0 Å². The molecule has 1 N–H and O–H groups in total. The van der Waals surface area contributed by atoms with Crippen LogP contribution in [0.15, 0.2) is 65.0 Å². The van der Waals surface area contributed by atoms with E-state index in [4.69, 9.17) is 4.74 Å². The lowest BCUT2D eigenvalue weighted by Gasteiger charge is -2.33. The van der Waals surface area contributed by atoms with E-state index < -0.39 is 6.10 Å². The quantitative estimate of drug-likeness (QED) is 0.612. The first-order valence-corrected chi connectivity index (χ1v) is 10.2. The van der Waals surface area contributed by atoms with Crippen LogP contribution in [-0.2, 0) is 16.0 Å². The average Bonchev–Trinajstić information content (AvgIpc) is 2.67. The third-order valence-electron chi connectivity index (χ3n) is 5.79. The van der Waals surface area contributed by atoms with E-state index >= 15 is 0 Å². The highest BCUT2D eigenvalue weighted by molar-refractivity contribution is 5.97. The molecular weight excluding hydrogens is 348 g/mol. The Balaban J connectivity index is 1.89. The Morgan fingerprint density at radius 1 is 1.14 bits per heavy atom. The summed E-state index contributed by atoms with van der Waals surface area (Å²) in [6.45, 7) is 7.99. The maximum atomic E-state index is 12.4. The lowest BCUT2D eigenvalue weighted by molar-refractivity contribution is -0.126. The van der Waals surface area contributed by atoms with Gasteiger partial charge in [0.2, 0.25) is 5.78 Å². The molecule has 152 valence electrons. The van der Waals surface area contributed by atoms with Gasteiger partial charge in [0.05, 0.1) is 13.2 Å². The minimum absolute atomic E-state index is 0.000762. The van der Waals surface area contributed by atoms with E-state index in [-0.39, 0.29) is 17.6 Å². The van der Waals surface area contributed by atoms with Gasteiger partial charge in [-0.25, -0.2) is 0 Å². The Labute approximate surface area is 169 Å². The van der Waals surface area contributed by atoms with Gasteiger partial charge in [0.25, 0.3) is 0 Å². The molecule has 0 radical (unpaired) electrons. The maximum absolute atomic E-state index is 12.4. The molecule has 0 saturated carbocycles. The van der Waals surface area contributed by atoms with Crippen molar-refractivity contribution in [2.24, 2.45) is 11.8 Å². The number of carbonyl (C=O) groups is 1. The highest BCUT2D eigenvalue weighted by Gasteiger charge is 2.39. The molecule has 0 bridgehead atoms. The SMILES string of the molecule is COC1=C(C)C(O)C(C/C=C(\C)CC/C=C(\C)Cc2ccccc2)C(C)C1=O. The van der Waals surface area contributed by atoms with E-state index in [0.29, 0.717) is 17.8 Å². The molecule has 0 heterocycles. The summed E-state index contributed by atoms with van der Waals surface area (Å²) < 4.78 is 5.20. The number of methoxy groups -OCH3 is 1. The van der Waals surface area contributed by atoms with Crippen LogP contribution < -0.4 is 0 Å². The summed E-state index contributed by atoms with van der Waals surface area (Å²) in [5.74, 6) is 0.0132. The Hall–Kier alpha value is -2.13. The van der Waals surface area contributed by atoms with E-state index in [0.717, 1.165) is 19.3 Å². The highest BCUT2D eigenvalue weighted by Crippen LogP contribution is 2.34. The van der Waals surface area contributed by atoms with Gasteiger partial charge in [0.1, 0.15) is 0 Å². The number of hydrogen-bond donors (Lipinski definition) is 1. The molecule has 0 aromatic heterocycles. The highest BCUT2D eigenvalue weighted by atomic mass is 16.5. The summed E-state index contributed by atoms with van der Waals surface area (Å²) in [6, 6.07) is 10.5. The van der Waals surface area contributed by atoms with Gasteiger partial charge in [-0.3, -0.25) is 4.79 Å². The number of allylic oxidation sites excluding steroid dienone is 5. The fraction of sp³-hybridized carbons (Fsp3) is 0.480. The predicted octanol–water partition coefficient (Wildman–Crippen LogP) is 5.41. The fourth-order valence-electron chi connectivity index (χ4n) is 3.89. The molecule has 3 unspecified atom stereocenters. The van der Waals surface area contributed by atoms with E-state index in [9.17, 15) is 9.90 Å². The fourth-order valence-corrected chi connectivity index (χ4v) is 3.89. The Morgan fingerprint density at radius 3 is 2.46 bits per heavy atom. The maximum Gasteiger partial charge on any atom is 0.200 e. The number of aliphatic hydroxyl groups is 1. The van der Waals surface area contributed by atoms with E-state index in [2.05, 4.69) is 50.3 Å². The summed E-state index contributed by atoms with van der Waals surface area (Å²) in [4.78, 5) is 12.4. The van der Waals surface area contributed by atoms with Gasteiger partial charge in [0, 0.05) is 17.4 Å². The lowest BCUT2D eigenvalue weighted by atomic mass is 9.75. The van der Waals surface area contributed by atoms with E-state index in [1.54, 1.807) is 6.92 Å². The lowest BCUT2D eigenvalue weighted by Crippen LogP contribution is -2.38. The molecule has 1 aliphatic rings. The van der Waals surface area contributed by atoms with Crippen LogP contribution in [0, 0.1) is 11.8 Å². The van der Waals surface area contributed by atoms with Gasteiger partial charge < -0.3 is 9.84 Å². The Bertz CT molecular complexity index is 755. The van der Waals surface area contributed by atoms with Crippen LogP contribution in [0.1, 0.15) is 52.5 Å². The zero-order valence-electron chi connectivity index (χ0n) is 17.9. The van der Waals surface area contributed by atoms with Crippen molar-refractivity contribution in [1.29, 1.82) is 0 Å². The third kappa shape index (κ3) is 5.68.